The van der Waals surface area contributed by atoms with Gasteiger partial charge in [-0.2, -0.15) is 0 Å². The van der Waals surface area contributed by atoms with Gasteiger partial charge in [-0.1, -0.05) is 13.3 Å². The maximum Gasteiger partial charge on any atom is 0.150 e. The molecule has 1 saturated heterocycles. The van der Waals surface area contributed by atoms with Gasteiger partial charge in [-0.05, 0) is 13.3 Å². The van der Waals surface area contributed by atoms with Gasteiger partial charge in [-0.25, -0.2) is 15.0 Å². The lowest BCUT2D eigenvalue weighted by Gasteiger charge is -2.34. The third-order valence-electron chi connectivity index (χ3n) is 4.49. The molecule has 7 nitrogen and oxygen atoms in total. The molecular formula is C18H28N6O. The van der Waals surface area contributed by atoms with Crippen molar-refractivity contribution in [2.75, 3.05) is 32.1 Å². The van der Waals surface area contributed by atoms with E-state index in [0.29, 0.717) is 6.61 Å². The summed E-state index contributed by atoms with van der Waals surface area (Å²) in [5.74, 6) is 2.73. The molecule has 0 aromatic carbocycles. The van der Waals surface area contributed by atoms with Crippen molar-refractivity contribution >= 4 is 5.82 Å². The molecular weight excluding hydrogens is 316 g/mol. The van der Waals surface area contributed by atoms with Crippen LogP contribution in [0.4, 0.5) is 5.82 Å². The Morgan fingerprint density at radius 1 is 1.40 bits per heavy atom. The number of nitrogens with one attached hydrogen (secondary N) is 2. The van der Waals surface area contributed by atoms with Crippen molar-refractivity contribution in [3.05, 3.63) is 35.3 Å². The van der Waals surface area contributed by atoms with Crippen LogP contribution in [-0.2, 0) is 17.7 Å². The van der Waals surface area contributed by atoms with E-state index in [1.807, 2.05) is 26.2 Å². The van der Waals surface area contributed by atoms with Crippen LogP contribution < -0.4 is 5.32 Å². The van der Waals surface area contributed by atoms with Crippen LogP contribution in [0.15, 0.2) is 12.3 Å². The van der Waals surface area contributed by atoms with Crippen molar-refractivity contribution in [3.8, 4) is 0 Å². The summed E-state index contributed by atoms with van der Waals surface area (Å²) in [5, 5.41) is 3.11. The van der Waals surface area contributed by atoms with Crippen LogP contribution in [0.2, 0.25) is 0 Å². The average Bonchev–Trinajstić information content (AvgIpc) is 3.07. The molecule has 0 aliphatic carbocycles. The van der Waals surface area contributed by atoms with Crippen molar-refractivity contribution < 1.29 is 4.74 Å². The molecule has 1 fully saturated rings. The van der Waals surface area contributed by atoms with E-state index in [2.05, 4.69) is 37.1 Å². The highest BCUT2D eigenvalue weighted by Crippen LogP contribution is 2.24. The average molecular weight is 344 g/mol. The summed E-state index contributed by atoms with van der Waals surface area (Å²) >= 11 is 0. The molecule has 1 unspecified atom stereocenters. The van der Waals surface area contributed by atoms with Crippen molar-refractivity contribution in [3.63, 3.8) is 0 Å². The second kappa shape index (κ2) is 8.40. The number of nitrogens with zero attached hydrogens (tertiary/aromatic N) is 4. The molecule has 7 heteroatoms. The highest BCUT2D eigenvalue weighted by atomic mass is 16.5. The molecule has 25 heavy (non-hydrogen) atoms. The molecule has 3 rings (SSSR count). The Hall–Kier alpha value is -1.99. The van der Waals surface area contributed by atoms with Gasteiger partial charge in [0.25, 0.3) is 0 Å². The van der Waals surface area contributed by atoms with E-state index >= 15 is 0 Å². The fourth-order valence-electron chi connectivity index (χ4n) is 3.11. The molecule has 136 valence electrons. The maximum absolute atomic E-state index is 5.71. The molecule has 0 amide bonds. The number of aromatic amines is 1. The Balaban J connectivity index is 1.75. The zero-order valence-electron chi connectivity index (χ0n) is 15.4. The van der Waals surface area contributed by atoms with Crippen molar-refractivity contribution in [1.82, 2.24) is 24.8 Å². The summed E-state index contributed by atoms with van der Waals surface area (Å²) in [6, 6.07) is 2.01. The summed E-state index contributed by atoms with van der Waals surface area (Å²) in [6.07, 6.45) is 5.31. The van der Waals surface area contributed by atoms with E-state index in [1.54, 1.807) is 0 Å². The lowest BCUT2D eigenvalue weighted by molar-refractivity contribution is -0.0164. The molecule has 0 bridgehead atoms. The number of rotatable bonds is 7. The normalized spacial score (nSPS) is 18.4. The Morgan fingerprint density at radius 3 is 3.08 bits per heavy atom. The predicted octanol–water partition coefficient (Wildman–Crippen LogP) is 2.47. The van der Waals surface area contributed by atoms with Gasteiger partial charge >= 0.3 is 0 Å². The molecule has 1 aliphatic rings. The third kappa shape index (κ3) is 4.55. The van der Waals surface area contributed by atoms with Gasteiger partial charge in [0, 0.05) is 50.2 Å². The van der Waals surface area contributed by atoms with Crippen LogP contribution in [-0.4, -0.2) is 51.6 Å². The first-order chi connectivity index (χ1) is 12.2. The minimum absolute atomic E-state index is 0.0585. The lowest BCUT2D eigenvalue weighted by atomic mass is 10.2. The molecule has 2 aromatic heterocycles. The minimum Gasteiger partial charge on any atom is -0.378 e. The number of imidazole rings is 1. The zero-order chi connectivity index (χ0) is 17.6. The molecule has 0 radical (unpaired) electrons. The predicted molar refractivity (Wildman–Crippen MR) is 97.5 cm³/mol. The highest BCUT2D eigenvalue weighted by Gasteiger charge is 2.28. The van der Waals surface area contributed by atoms with Gasteiger partial charge in [0.2, 0.25) is 0 Å². The first-order valence-corrected chi connectivity index (χ1v) is 9.07. The molecule has 2 N–H and O–H groups in total. The molecule has 0 spiro atoms. The smallest absolute Gasteiger partial charge is 0.150 e. The van der Waals surface area contributed by atoms with Gasteiger partial charge in [-0.15, -0.1) is 0 Å². The summed E-state index contributed by atoms with van der Waals surface area (Å²) in [6.45, 7) is 7.21. The minimum atomic E-state index is 0.0585. The second-order valence-corrected chi connectivity index (χ2v) is 6.52. The topological polar surface area (TPSA) is 79.0 Å². The van der Waals surface area contributed by atoms with E-state index in [1.165, 1.54) is 6.42 Å². The van der Waals surface area contributed by atoms with Gasteiger partial charge in [0.1, 0.15) is 17.5 Å². The molecule has 1 aliphatic heterocycles. The number of morpholine rings is 1. The second-order valence-electron chi connectivity index (χ2n) is 6.52. The van der Waals surface area contributed by atoms with Crippen LogP contribution >= 0.6 is 0 Å². The molecule has 0 saturated carbocycles. The van der Waals surface area contributed by atoms with Gasteiger partial charge in [0.15, 0.2) is 0 Å². The maximum atomic E-state index is 5.71. The Morgan fingerprint density at radius 2 is 2.28 bits per heavy atom. The number of unbranched alkanes of at least 4 members (excludes halogenated alkanes) is 1. The number of hydrogen-bond acceptors (Lipinski definition) is 6. The number of aryl methyl sites for hydroxylation is 2. The Bertz CT molecular complexity index is 686. The van der Waals surface area contributed by atoms with Crippen molar-refractivity contribution in [2.24, 2.45) is 0 Å². The van der Waals surface area contributed by atoms with Crippen LogP contribution in [0.3, 0.4) is 0 Å². The monoisotopic (exact) mass is 344 g/mol. The largest absolute Gasteiger partial charge is 0.378 e. The summed E-state index contributed by atoms with van der Waals surface area (Å²) in [4.78, 5) is 19.6. The summed E-state index contributed by atoms with van der Waals surface area (Å²) in [7, 11) is 1.88. The number of aromatic nitrogens is 4. The van der Waals surface area contributed by atoms with Crippen LogP contribution in [0.5, 0.6) is 0 Å². The quantitative estimate of drug-likeness (QED) is 0.803. The number of H-pyrrole nitrogens is 1. The van der Waals surface area contributed by atoms with Crippen LogP contribution in [0, 0.1) is 6.92 Å². The van der Waals surface area contributed by atoms with Gasteiger partial charge < -0.3 is 15.0 Å². The molecule has 2 aromatic rings. The first-order valence-electron chi connectivity index (χ1n) is 9.07. The fraction of sp³-hybridized carbons (Fsp3) is 0.611. The molecule has 1 atom stereocenters. The lowest BCUT2D eigenvalue weighted by Crippen LogP contribution is -2.40. The van der Waals surface area contributed by atoms with Crippen LogP contribution in [0.1, 0.15) is 48.8 Å². The number of hydrogen-bond donors (Lipinski definition) is 2. The van der Waals surface area contributed by atoms with E-state index < -0.39 is 0 Å². The van der Waals surface area contributed by atoms with E-state index in [-0.39, 0.29) is 6.04 Å². The van der Waals surface area contributed by atoms with E-state index in [0.717, 1.165) is 61.4 Å². The van der Waals surface area contributed by atoms with Crippen LogP contribution in [0.25, 0.3) is 0 Å². The zero-order valence-corrected chi connectivity index (χ0v) is 15.4. The van der Waals surface area contributed by atoms with E-state index in [9.17, 15) is 0 Å². The molecule has 3 heterocycles. The fourth-order valence-corrected chi connectivity index (χ4v) is 3.11. The van der Waals surface area contributed by atoms with Crippen molar-refractivity contribution in [1.29, 1.82) is 0 Å². The Kier molecular flexibility index (Phi) is 5.99. The Labute approximate surface area is 149 Å². The summed E-state index contributed by atoms with van der Waals surface area (Å²) in [5.41, 5.74) is 2.10. The third-order valence-corrected chi connectivity index (χ3v) is 4.49. The van der Waals surface area contributed by atoms with E-state index in [4.69, 9.17) is 4.74 Å². The van der Waals surface area contributed by atoms with Gasteiger partial charge in [-0.3, -0.25) is 4.90 Å². The SMILES string of the molecule is CCCCc1ncc(CN2CCOCC2c2nc(C)cc(NC)n2)[nH]1. The number of anilines is 1. The highest BCUT2D eigenvalue weighted by molar-refractivity contribution is 5.35. The van der Waals surface area contributed by atoms with Crippen molar-refractivity contribution in [2.45, 2.75) is 45.7 Å². The number of ether oxygens (including phenoxy) is 1. The summed E-state index contributed by atoms with van der Waals surface area (Å²) < 4.78 is 5.71. The standard InChI is InChI=1S/C18H28N6O/c1-4-5-6-16-20-10-14(22-16)11-24-7-8-25-12-15(24)18-21-13(2)9-17(19-3)23-18/h9-10,15H,4-8,11-12H2,1-3H3,(H,20,22)(H,19,21,23). The first kappa shape index (κ1) is 17.8. The van der Waals surface area contributed by atoms with Gasteiger partial charge in [0.05, 0.1) is 19.3 Å².